The number of fused-ring (bicyclic) bond motifs is 2. The minimum atomic E-state index is 0.674. The predicted molar refractivity (Wildman–Crippen MR) is 82.1 cm³/mol. The van der Waals surface area contributed by atoms with Crippen molar-refractivity contribution in [3.63, 3.8) is 0 Å². The van der Waals surface area contributed by atoms with E-state index in [1.807, 2.05) is 24.3 Å². The maximum Gasteiger partial charge on any atom is 0.569 e. The van der Waals surface area contributed by atoms with E-state index < -0.39 is 0 Å². The summed E-state index contributed by atoms with van der Waals surface area (Å²) in [5.74, 6) is 0.674. The molecule has 4 rings (SSSR count). The van der Waals surface area contributed by atoms with Crippen LogP contribution < -0.4 is 4.65 Å². The quantitative estimate of drug-likeness (QED) is 0.564. The lowest BCUT2D eigenvalue weighted by Gasteiger charge is -2.21. The van der Waals surface area contributed by atoms with Gasteiger partial charge in [-0.05, 0) is 29.3 Å². The van der Waals surface area contributed by atoms with Crippen molar-refractivity contribution < 1.29 is 9.68 Å². The van der Waals surface area contributed by atoms with Crippen LogP contribution in [0.3, 0.4) is 0 Å². The van der Waals surface area contributed by atoms with Crippen LogP contribution >= 0.6 is 11.8 Å². The SMILES string of the molecule is O[B]Oc1ccc2c3c(cccc13)-c1ccccc1S2. The Balaban J connectivity index is 2.09. The summed E-state index contributed by atoms with van der Waals surface area (Å²) in [6.45, 7) is 0. The van der Waals surface area contributed by atoms with Crippen molar-refractivity contribution in [3.8, 4) is 16.9 Å². The van der Waals surface area contributed by atoms with Gasteiger partial charge in [0.15, 0.2) is 0 Å². The molecular formula is C16H10BO2S. The molecule has 20 heavy (non-hydrogen) atoms. The summed E-state index contributed by atoms with van der Waals surface area (Å²) in [6, 6.07) is 18.5. The van der Waals surface area contributed by atoms with Gasteiger partial charge in [-0.2, -0.15) is 0 Å². The van der Waals surface area contributed by atoms with Gasteiger partial charge < -0.3 is 9.68 Å². The normalized spacial score (nSPS) is 12.1. The third-order valence-corrected chi connectivity index (χ3v) is 4.68. The number of hydrogen-bond donors (Lipinski definition) is 1. The molecule has 2 nitrogen and oxygen atoms in total. The molecule has 0 fully saturated rings. The molecule has 0 aromatic heterocycles. The Morgan fingerprint density at radius 2 is 1.70 bits per heavy atom. The van der Waals surface area contributed by atoms with E-state index >= 15 is 0 Å². The number of hydrogen-bond acceptors (Lipinski definition) is 3. The van der Waals surface area contributed by atoms with Crippen molar-refractivity contribution in [3.05, 3.63) is 54.6 Å². The fourth-order valence-electron chi connectivity index (χ4n) is 2.71. The van der Waals surface area contributed by atoms with Gasteiger partial charge in [0.1, 0.15) is 5.75 Å². The van der Waals surface area contributed by atoms with Crippen molar-refractivity contribution in [2.45, 2.75) is 9.79 Å². The molecule has 0 bridgehead atoms. The van der Waals surface area contributed by atoms with Crippen LogP contribution in [0.15, 0.2) is 64.4 Å². The molecule has 0 amide bonds. The van der Waals surface area contributed by atoms with Gasteiger partial charge in [0, 0.05) is 20.6 Å². The lowest BCUT2D eigenvalue weighted by atomic mass is 9.97. The molecule has 0 saturated heterocycles. The summed E-state index contributed by atoms with van der Waals surface area (Å²) in [4.78, 5) is 2.49. The van der Waals surface area contributed by atoms with Gasteiger partial charge >= 0.3 is 7.69 Å². The summed E-state index contributed by atoms with van der Waals surface area (Å²) in [7, 11) is 0.730. The summed E-state index contributed by atoms with van der Waals surface area (Å²) in [6.07, 6.45) is 0. The smallest absolute Gasteiger partial charge is 0.537 e. The Bertz CT molecular complexity index is 817. The number of rotatable bonds is 2. The molecule has 1 aliphatic heterocycles. The molecule has 4 heteroatoms. The zero-order valence-corrected chi connectivity index (χ0v) is 11.4. The van der Waals surface area contributed by atoms with Gasteiger partial charge in [0.25, 0.3) is 0 Å². The average Bonchev–Trinajstić information content (AvgIpc) is 2.50. The molecule has 95 valence electrons. The van der Waals surface area contributed by atoms with Crippen molar-refractivity contribution in [2.24, 2.45) is 0 Å². The van der Waals surface area contributed by atoms with E-state index in [1.165, 1.54) is 26.3 Å². The van der Waals surface area contributed by atoms with Gasteiger partial charge in [-0.1, -0.05) is 48.2 Å². The molecule has 1 N–H and O–H groups in total. The summed E-state index contributed by atoms with van der Waals surface area (Å²) >= 11 is 1.77. The summed E-state index contributed by atoms with van der Waals surface area (Å²) in [5.41, 5.74) is 2.47. The summed E-state index contributed by atoms with van der Waals surface area (Å²) in [5, 5.41) is 11.1. The van der Waals surface area contributed by atoms with Crippen molar-refractivity contribution in [1.82, 2.24) is 0 Å². The first kappa shape index (κ1) is 11.9. The topological polar surface area (TPSA) is 29.5 Å². The predicted octanol–water partition coefficient (Wildman–Crippen LogP) is 3.88. The standard InChI is InChI=1S/C16H10BO2S/c18-17-19-13-8-9-15-16-11(5-3-6-12(13)16)10-4-1-2-7-14(10)20-15/h1-9,18H. The number of benzene rings is 3. The van der Waals surface area contributed by atoms with Crippen LogP contribution in [0.25, 0.3) is 21.9 Å². The van der Waals surface area contributed by atoms with Crippen LogP contribution in [0.4, 0.5) is 0 Å². The largest absolute Gasteiger partial charge is 0.569 e. The third-order valence-electron chi connectivity index (χ3n) is 3.54. The van der Waals surface area contributed by atoms with E-state index in [-0.39, 0.29) is 0 Å². The molecule has 1 heterocycles. The lowest BCUT2D eigenvalue weighted by molar-refractivity contribution is 0.456. The van der Waals surface area contributed by atoms with E-state index in [9.17, 15) is 0 Å². The second-order valence-corrected chi connectivity index (χ2v) is 5.70. The Labute approximate surface area is 121 Å². The van der Waals surface area contributed by atoms with E-state index in [4.69, 9.17) is 9.68 Å². The van der Waals surface area contributed by atoms with Crippen molar-refractivity contribution >= 4 is 30.2 Å². The molecule has 1 aliphatic rings. The fraction of sp³-hybridized carbons (Fsp3) is 0. The third kappa shape index (κ3) is 1.65. The Morgan fingerprint density at radius 1 is 0.850 bits per heavy atom. The molecule has 0 aliphatic carbocycles. The average molecular weight is 277 g/mol. The van der Waals surface area contributed by atoms with E-state index in [1.54, 1.807) is 11.8 Å². The minimum absolute atomic E-state index is 0.674. The minimum Gasteiger partial charge on any atom is -0.537 e. The van der Waals surface area contributed by atoms with Gasteiger partial charge in [-0.3, -0.25) is 0 Å². The zero-order valence-electron chi connectivity index (χ0n) is 10.5. The first-order valence-corrected chi connectivity index (χ1v) is 7.15. The lowest BCUT2D eigenvalue weighted by Crippen LogP contribution is -2.01. The van der Waals surface area contributed by atoms with Crippen molar-refractivity contribution in [2.75, 3.05) is 0 Å². The molecule has 0 spiro atoms. The van der Waals surface area contributed by atoms with Crippen LogP contribution in [0.1, 0.15) is 0 Å². The van der Waals surface area contributed by atoms with Gasteiger partial charge in [0.2, 0.25) is 0 Å². The zero-order chi connectivity index (χ0) is 13.5. The first-order chi connectivity index (χ1) is 9.88. The molecule has 3 aromatic carbocycles. The second kappa shape index (κ2) is 4.58. The van der Waals surface area contributed by atoms with Crippen LogP contribution in [0, 0.1) is 0 Å². The van der Waals surface area contributed by atoms with Gasteiger partial charge in [0.05, 0.1) is 0 Å². The van der Waals surface area contributed by atoms with Gasteiger partial charge in [-0.15, -0.1) is 0 Å². The van der Waals surface area contributed by atoms with E-state index in [2.05, 4.69) is 30.3 Å². The van der Waals surface area contributed by atoms with Crippen LogP contribution in [-0.2, 0) is 0 Å². The van der Waals surface area contributed by atoms with Crippen LogP contribution in [-0.4, -0.2) is 12.7 Å². The van der Waals surface area contributed by atoms with E-state index in [0.717, 1.165) is 13.1 Å². The van der Waals surface area contributed by atoms with E-state index in [0.29, 0.717) is 5.75 Å². The molecule has 0 unspecified atom stereocenters. The molecule has 0 atom stereocenters. The molecule has 0 saturated carbocycles. The fourth-order valence-corrected chi connectivity index (χ4v) is 3.84. The first-order valence-electron chi connectivity index (χ1n) is 6.34. The highest BCUT2D eigenvalue weighted by Crippen LogP contribution is 2.49. The monoisotopic (exact) mass is 277 g/mol. The molecule has 3 aromatic rings. The highest BCUT2D eigenvalue weighted by molar-refractivity contribution is 7.99. The second-order valence-electron chi connectivity index (χ2n) is 4.61. The molecular weight excluding hydrogens is 267 g/mol. The van der Waals surface area contributed by atoms with Crippen LogP contribution in [0.2, 0.25) is 0 Å². The summed E-state index contributed by atoms with van der Waals surface area (Å²) < 4.78 is 5.21. The Hall–Kier alpha value is -1.91. The molecule has 1 radical (unpaired) electrons. The van der Waals surface area contributed by atoms with Crippen LogP contribution in [0.5, 0.6) is 5.75 Å². The van der Waals surface area contributed by atoms with Crippen molar-refractivity contribution in [1.29, 1.82) is 0 Å². The Morgan fingerprint density at radius 3 is 2.60 bits per heavy atom. The Kier molecular flexibility index (Phi) is 2.72. The maximum atomic E-state index is 8.89. The highest BCUT2D eigenvalue weighted by Gasteiger charge is 2.19. The van der Waals surface area contributed by atoms with Gasteiger partial charge in [-0.25, -0.2) is 0 Å². The maximum absolute atomic E-state index is 8.89. The highest BCUT2D eigenvalue weighted by atomic mass is 32.2.